The van der Waals surface area contributed by atoms with Crippen LogP contribution in [0.2, 0.25) is 0 Å². The van der Waals surface area contributed by atoms with Crippen molar-refractivity contribution in [2.24, 2.45) is 0 Å². The molecule has 0 atom stereocenters. The van der Waals surface area contributed by atoms with Crippen LogP contribution in [0.4, 0.5) is 5.82 Å². The number of anilines is 1. The molecule has 2 heterocycles. The van der Waals surface area contributed by atoms with Gasteiger partial charge in [0.25, 0.3) is 0 Å². The molecule has 0 aliphatic carbocycles. The smallest absolute Gasteiger partial charge is 0.224 e. The summed E-state index contributed by atoms with van der Waals surface area (Å²) in [7, 11) is 1.67. The predicted molar refractivity (Wildman–Crippen MR) is 136 cm³/mol. The number of thioether (sulfide) groups is 2. The number of nitrogens with zero attached hydrogens (tertiary/aromatic N) is 4. The van der Waals surface area contributed by atoms with Gasteiger partial charge < -0.3 is 15.4 Å². The number of fused-ring (bicyclic) bond motifs is 1. The van der Waals surface area contributed by atoms with Crippen molar-refractivity contribution in [2.45, 2.75) is 49.0 Å². The third-order valence-corrected chi connectivity index (χ3v) is 6.40. The summed E-state index contributed by atoms with van der Waals surface area (Å²) in [5.41, 5.74) is 1.76. The van der Waals surface area contributed by atoms with E-state index < -0.39 is 0 Å². The molecule has 33 heavy (non-hydrogen) atoms. The topological polar surface area (TPSA) is 94.0 Å². The molecule has 3 rings (SSSR count). The van der Waals surface area contributed by atoms with Crippen LogP contribution in [0.25, 0.3) is 11.0 Å². The second kappa shape index (κ2) is 12.8. The molecule has 0 saturated carbocycles. The van der Waals surface area contributed by atoms with Crippen molar-refractivity contribution >= 4 is 46.3 Å². The Morgan fingerprint density at radius 1 is 1.18 bits per heavy atom. The highest BCUT2D eigenvalue weighted by atomic mass is 32.2. The van der Waals surface area contributed by atoms with Crippen molar-refractivity contribution in [3.8, 4) is 0 Å². The summed E-state index contributed by atoms with van der Waals surface area (Å²) in [4.78, 5) is 22.9. The van der Waals surface area contributed by atoms with Crippen molar-refractivity contribution in [2.75, 3.05) is 37.9 Å². The van der Waals surface area contributed by atoms with Crippen LogP contribution in [0, 0.1) is 0 Å². The minimum absolute atomic E-state index is 0.00509. The normalized spacial score (nSPS) is 11.3. The predicted octanol–water partition coefficient (Wildman–Crippen LogP) is 3.86. The average molecular weight is 489 g/mol. The molecule has 178 valence electrons. The summed E-state index contributed by atoms with van der Waals surface area (Å²) in [5, 5.41) is 12.9. The summed E-state index contributed by atoms with van der Waals surface area (Å²) in [6, 6.07) is 8.19. The lowest BCUT2D eigenvalue weighted by Crippen LogP contribution is -2.28. The second-order valence-corrected chi connectivity index (χ2v) is 10.5. The van der Waals surface area contributed by atoms with Crippen LogP contribution in [0.1, 0.15) is 26.3 Å². The first kappa shape index (κ1) is 25.3. The van der Waals surface area contributed by atoms with Crippen LogP contribution in [-0.4, -0.2) is 63.5 Å². The number of rotatable bonds is 13. The molecule has 0 bridgehead atoms. The van der Waals surface area contributed by atoms with Crippen LogP contribution in [0.15, 0.2) is 40.5 Å². The summed E-state index contributed by atoms with van der Waals surface area (Å²) in [5.74, 6) is 1.63. The number of aromatic nitrogens is 4. The van der Waals surface area contributed by atoms with Gasteiger partial charge in [-0.3, -0.25) is 4.79 Å². The molecular formula is C23H32N6O2S2. The van der Waals surface area contributed by atoms with Crippen molar-refractivity contribution in [1.82, 2.24) is 25.1 Å². The average Bonchev–Trinajstić information content (AvgIpc) is 3.18. The van der Waals surface area contributed by atoms with E-state index in [9.17, 15) is 4.79 Å². The Morgan fingerprint density at radius 2 is 1.97 bits per heavy atom. The Balaban J connectivity index is 1.59. The van der Waals surface area contributed by atoms with Crippen molar-refractivity contribution in [3.05, 3.63) is 36.0 Å². The van der Waals surface area contributed by atoms with E-state index in [1.54, 1.807) is 25.1 Å². The van der Waals surface area contributed by atoms with E-state index in [1.165, 1.54) is 4.90 Å². The van der Waals surface area contributed by atoms with E-state index in [0.29, 0.717) is 43.1 Å². The zero-order valence-electron chi connectivity index (χ0n) is 19.6. The minimum Gasteiger partial charge on any atom is -0.383 e. The van der Waals surface area contributed by atoms with Gasteiger partial charge in [-0.2, -0.15) is 5.10 Å². The van der Waals surface area contributed by atoms with E-state index in [4.69, 9.17) is 4.74 Å². The SMILES string of the molecule is CCSc1nc(NCCOC)c2cnn(CCNC(=O)Cc3ccc(SC(C)C)cc3)c2n1. The highest BCUT2D eigenvalue weighted by Gasteiger charge is 2.13. The Morgan fingerprint density at radius 3 is 2.67 bits per heavy atom. The largest absolute Gasteiger partial charge is 0.383 e. The van der Waals surface area contributed by atoms with Gasteiger partial charge in [0, 0.05) is 30.3 Å². The Bertz CT molecular complexity index is 1040. The lowest BCUT2D eigenvalue weighted by molar-refractivity contribution is -0.120. The molecule has 10 heteroatoms. The maximum Gasteiger partial charge on any atom is 0.224 e. The molecule has 0 spiro atoms. The lowest BCUT2D eigenvalue weighted by Gasteiger charge is -2.10. The second-order valence-electron chi connectivity index (χ2n) is 7.65. The lowest BCUT2D eigenvalue weighted by atomic mass is 10.1. The Hall–Kier alpha value is -2.30. The van der Waals surface area contributed by atoms with E-state index in [1.807, 2.05) is 28.6 Å². The maximum absolute atomic E-state index is 12.4. The molecular weight excluding hydrogens is 456 g/mol. The highest BCUT2D eigenvalue weighted by Crippen LogP contribution is 2.24. The van der Waals surface area contributed by atoms with Crippen molar-refractivity contribution in [3.63, 3.8) is 0 Å². The first-order valence-electron chi connectivity index (χ1n) is 11.1. The number of ether oxygens (including phenoxy) is 1. The molecule has 0 radical (unpaired) electrons. The van der Waals surface area contributed by atoms with Crippen molar-refractivity contribution in [1.29, 1.82) is 0 Å². The number of methoxy groups -OCH3 is 1. The summed E-state index contributed by atoms with van der Waals surface area (Å²) in [6.07, 6.45) is 2.13. The highest BCUT2D eigenvalue weighted by molar-refractivity contribution is 8.00. The van der Waals surface area contributed by atoms with E-state index in [0.717, 1.165) is 28.2 Å². The molecule has 1 aromatic carbocycles. The molecule has 2 N–H and O–H groups in total. The number of carbonyl (C=O) groups excluding carboxylic acids is 1. The molecule has 0 aliphatic heterocycles. The van der Waals surface area contributed by atoms with Gasteiger partial charge in [-0.05, 0) is 23.4 Å². The fourth-order valence-corrected chi connectivity index (χ4v) is 4.61. The zero-order chi connectivity index (χ0) is 23.6. The monoisotopic (exact) mass is 488 g/mol. The van der Waals surface area contributed by atoms with Gasteiger partial charge in [-0.25, -0.2) is 14.6 Å². The number of hydrogen-bond donors (Lipinski definition) is 2. The summed E-state index contributed by atoms with van der Waals surface area (Å²) >= 11 is 3.40. The Labute approximate surface area is 203 Å². The van der Waals surface area contributed by atoms with E-state index >= 15 is 0 Å². The van der Waals surface area contributed by atoms with E-state index in [2.05, 4.69) is 58.6 Å². The molecule has 2 aromatic heterocycles. The number of benzene rings is 1. The van der Waals surface area contributed by atoms with Crippen LogP contribution < -0.4 is 10.6 Å². The van der Waals surface area contributed by atoms with Crippen LogP contribution in [0.3, 0.4) is 0 Å². The first-order chi connectivity index (χ1) is 16.0. The van der Waals surface area contributed by atoms with Gasteiger partial charge in [0.05, 0.1) is 31.2 Å². The van der Waals surface area contributed by atoms with Gasteiger partial charge in [-0.1, -0.05) is 44.7 Å². The van der Waals surface area contributed by atoms with Crippen LogP contribution in [0.5, 0.6) is 0 Å². The van der Waals surface area contributed by atoms with Crippen LogP contribution in [-0.2, 0) is 22.5 Å². The van der Waals surface area contributed by atoms with Gasteiger partial charge in [0.2, 0.25) is 5.91 Å². The first-order valence-corrected chi connectivity index (χ1v) is 13.0. The zero-order valence-corrected chi connectivity index (χ0v) is 21.3. The molecule has 0 saturated heterocycles. The molecule has 8 nitrogen and oxygen atoms in total. The van der Waals surface area contributed by atoms with Gasteiger partial charge in [-0.15, -0.1) is 11.8 Å². The standard InChI is InChI=1S/C23H32N6O2S2/c1-5-32-23-27-21(25-11-13-31-4)19-15-26-29(22(19)28-23)12-10-24-20(30)14-17-6-8-18(9-7-17)33-16(2)3/h6-9,15-16H,5,10-14H2,1-4H3,(H,24,30)(H,25,27,28). The number of nitrogens with one attached hydrogen (secondary N) is 2. The fourth-order valence-electron chi connectivity index (χ4n) is 3.21. The van der Waals surface area contributed by atoms with Gasteiger partial charge in [0.1, 0.15) is 5.82 Å². The van der Waals surface area contributed by atoms with Gasteiger partial charge in [0.15, 0.2) is 10.8 Å². The number of amides is 1. The molecule has 1 amide bonds. The third kappa shape index (κ3) is 7.62. The summed E-state index contributed by atoms with van der Waals surface area (Å²) in [6.45, 7) is 8.65. The van der Waals surface area contributed by atoms with E-state index in [-0.39, 0.29) is 5.91 Å². The fraction of sp³-hybridized carbons (Fsp3) is 0.478. The van der Waals surface area contributed by atoms with Gasteiger partial charge >= 0.3 is 0 Å². The minimum atomic E-state index is -0.00509. The molecule has 0 aliphatic rings. The van der Waals surface area contributed by atoms with Crippen LogP contribution >= 0.6 is 23.5 Å². The molecule has 3 aromatic rings. The third-order valence-electron chi connectivity index (χ3n) is 4.65. The summed E-state index contributed by atoms with van der Waals surface area (Å²) < 4.78 is 6.94. The molecule has 0 unspecified atom stereocenters. The van der Waals surface area contributed by atoms with Crippen molar-refractivity contribution < 1.29 is 9.53 Å². The number of hydrogen-bond acceptors (Lipinski definition) is 8. The maximum atomic E-state index is 12.4. The Kier molecular flexibility index (Phi) is 9.83. The quantitative estimate of drug-likeness (QED) is 0.213. The molecule has 0 fully saturated rings. The number of carbonyl (C=O) groups is 1.